The Labute approximate surface area is 100 Å². The van der Waals surface area contributed by atoms with Crippen molar-refractivity contribution < 1.29 is 0 Å². The van der Waals surface area contributed by atoms with Gasteiger partial charge in [0.1, 0.15) is 5.01 Å². The number of aryl methyl sites for hydroxylation is 1. The van der Waals surface area contributed by atoms with Crippen molar-refractivity contribution in [3.05, 3.63) is 38.1 Å². The minimum Gasteiger partial charge on any atom is -0.374 e. The van der Waals surface area contributed by atoms with E-state index in [4.69, 9.17) is 5.73 Å². The molecule has 2 rings (SSSR count). The van der Waals surface area contributed by atoms with Gasteiger partial charge in [0, 0.05) is 18.8 Å². The predicted molar refractivity (Wildman–Crippen MR) is 64.1 cm³/mol. The summed E-state index contributed by atoms with van der Waals surface area (Å²) in [5.41, 5.74) is 4.73. The van der Waals surface area contributed by atoms with E-state index in [0.29, 0.717) is 16.7 Å². The summed E-state index contributed by atoms with van der Waals surface area (Å²) in [5.74, 6) is 0. The molecule has 0 bridgehead atoms. The zero-order valence-electron chi connectivity index (χ0n) is 9.16. The highest BCUT2D eigenvalue weighted by molar-refractivity contribution is 7.15. The maximum absolute atomic E-state index is 11.9. The molecule has 0 amide bonds. The molecule has 0 saturated carbocycles. The molecule has 0 fully saturated rings. The third kappa shape index (κ3) is 2.26. The lowest BCUT2D eigenvalue weighted by Crippen LogP contribution is -2.38. The molecule has 2 N–H and O–H groups in total. The highest BCUT2D eigenvalue weighted by atomic mass is 32.1. The van der Waals surface area contributed by atoms with E-state index >= 15 is 0 Å². The van der Waals surface area contributed by atoms with Crippen molar-refractivity contribution in [2.24, 2.45) is 0 Å². The van der Waals surface area contributed by atoms with Gasteiger partial charge in [0.05, 0.1) is 6.54 Å². The van der Waals surface area contributed by atoms with Crippen LogP contribution in [-0.4, -0.2) is 19.3 Å². The molecule has 0 atom stereocenters. The summed E-state index contributed by atoms with van der Waals surface area (Å²) >= 11 is 1.16. The van der Waals surface area contributed by atoms with Crippen LogP contribution in [0.25, 0.3) is 0 Å². The van der Waals surface area contributed by atoms with Gasteiger partial charge in [-0.2, -0.15) is 0 Å². The lowest BCUT2D eigenvalue weighted by Gasteiger charge is -2.05. The quantitative estimate of drug-likeness (QED) is 0.796. The highest BCUT2D eigenvalue weighted by Crippen LogP contribution is 2.10. The molecule has 0 aliphatic carbocycles. The zero-order chi connectivity index (χ0) is 12.4. The maximum Gasteiger partial charge on any atom is 0.331 e. The van der Waals surface area contributed by atoms with Crippen molar-refractivity contribution in [3.63, 3.8) is 0 Å². The Morgan fingerprint density at radius 2 is 2.18 bits per heavy atom. The van der Waals surface area contributed by atoms with Gasteiger partial charge in [-0.05, 0) is 6.92 Å². The summed E-state index contributed by atoms with van der Waals surface area (Å²) in [6, 6.07) is 1.36. The normalized spacial score (nSPS) is 10.6. The fourth-order valence-electron chi connectivity index (χ4n) is 1.41. The highest BCUT2D eigenvalue weighted by Gasteiger charge is 2.08. The van der Waals surface area contributed by atoms with E-state index in [0.717, 1.165) is 15.9 Å². The second kappa shape index (κ2) is 4.50. The lowest BCUT2D eigenvalue weighted by molar-refractivity contribution is 0.597. The van der Waals surface area contributed by atoms with Crippen LogP contribution >= 0.6 is 11.3 Å². The van der Waals surface area contributed by atoms with E-state index in [1.165, 1.54) is 16.8 Å². The van der Waals surface area contributed by atoms with Crippen LogP contribution in [0.15, 0.2) is 21.9 Å². The molecule has 0 radical (unpaired) electrons. The second-order valence-corrected chi connectivity index (χ2v) is 4.44. The molecule has 7 nitrogen and oxygen atoms in total. The van der Waals surface area contributed by atoms with Crippen LogP contribution in [0.2, 0.25) is 0 Å². The predicted octanol–water partition coefficient (Wildman–Crippen LogP) is -0.488. The van der Waals surface area contributed by atoms with Gasteiger partial charge >= 0.3 is 5.69 Å². The summed E-state index contributed by atoms with van der Waals surface area (Å²) in [4.78, 5) is 23.5. The van der Waals surface area contributed by atoms with Gasteiger partial charge < -0.3 is 10.3 Å². The van der Waals surface area contributed by atoms with E-state index < -0.39 is 0 Å². The van der Waals surface area contributed by atoms with Crippen LogP contribution in [-0.2, 0) is 13.1 Å². The Bertz CT molecular complexity index is 641. The topological polar surface area (TPSA) is 95.8 Å². The first-order chi connectivity index (χ1) is 8.11. The number of rotatable bonds is 3. The van der Waals surface area contributed by atoms with Gasteiger partial charge in [0.2, 0.25) is 5.13 Å². The van der Waals surface area contributed by atoms with E-state index in [9.17, 15) is 9.59 Å². The number of aromatic nitrogens is 4. The van der Waals surface area contributed by atoms with Gasteiger partial charge in [0.15, 0.2) is 0 Å². The third-order valence-electron chi connectivity index (χ3n) is 2.26. The van der Waals surface area contributed by atoms with E-state index in [-0.39, 0.29) is 17.8 Å². The van der Waals surface area contributed by atoms with E-state index in [1.807, 2.05) is 6.92 Å². The number of nitrogens with two attached hydrogens (primary N) is 1. The minimum atomic E-state index is -0.353. The number of hydrogen-bond donors (Lipinski definition) is 1. The Hall–Kier alpha value is -1.96. The molecule has 0 spiro atoms. The first-order valence-corrected chi connectivity index (χ1v) is 5.81. The second-order valence-electron chi connectivity index (χ2n) is 3.34. The number of nitrogen functional groups attached to an aromatic ring is 1. The summed E-state index contributed by atoms with van der Waals surface area (Å²) in [7, 11) is 0. The van der Waals surface area contributed by atoms with E-state index in [2.05, 4.69) is 10.2 Å². The average Bonchev–Trinajstić information content (AvgIpc) is 2.70. The van der Waals surface area contributed by atoms with Crippen molar-refractivity contribution >= 4 is 16.5 Å². The van der Waals surface area contributed by atoms with Crippen LogP contribution in [0.4, 0.5) is 5.13 Å². The fourth-order valence-corrected chi connectivity index (χ4v) is 2.01. The van der Waals surface area contributed by atoms with Crippen LogP contribution in [0, 0.1) is 0 Å². The lowest BCUT2D eigenvalue weighted by atomic mass is 10.5. The largest absolute Gasteiger partial charge is 0.374 e. The molecule has 0 aliphatic heterocycles. The number of nitrogens with zero attached hydrogens (tertiary/aromatic N) is 4. The monoisotopic (exact) mass is 253 g/mol. The fraction of sp³-hybridized carbons (Fsp3) is 0.333. The first kappa shape index (κ1) is 11.5. The molecular weight excluding hydrogens is 242 g/mol. The standard InChI is InChI=1S/C9H11N5O2S/c1-2-13-4-3-7(15)14(9(13)16)5-6-11-12-8(10)17-6/h3-4H,2,5H2,1H3,(H2,10,12). The molecule has 90 valence electrons. The summed E-state index contributed by atoms with van der Waals surface area (Å²) in [6.07, 6.45) is 1.48. The van der Waals surface area contributed by atoms with Crippen LogP contribution < -0.4 is 17.0 Å². The van der Waals surface area contributed by atoms with Crippen LogP contribution in [0.3, 0.4) is 0 Å². The van der Waals surface area contributed by atoms with E-state index in [1.54, 1.807) is 0 Å². The van der Waals surface area contributed by atoms with Crippen LogP contribution in [0.5, 0.6) is 0 Å². The molecular formula is C9H11N5O2S. The maximum atomic E-state index is 11.9. The molecule has 0 aliphatic rings. The summed E-state index contributed by atoms with van der Waals surface area (Å²) in [5, 5.41) is 8.28. The zero-order valence-corrected chi connectivity index (χ0v) is 9.98. The van der Waals surface area contributed by atoms with Gasteiger partial charge in [-0.1, -0.05) is 11.3 Å². The molecule has 2 aromatic rings. The minimum absolute atomic E-state index is 0.105. The molecule has 0 aromatic carbocycles. The number of hydrogen-bond acceptors (Lipinski definition) is 6. The molecule has 2 aromatic heterocycles. The van der Waals surface area contributed by atoms with Gasteiger partial charge in [-0.3, -0.25) is 9.36 Å². The van der Waals surface area contributed by atoms with Crippen molar-refractivity contribution in [2.45, 2.75) is 20.0 Å². The van der Waals surface area contributed by atoms with Crippen molar-refractivity contribution in [2.75, 3.05) is 5.73 Å². The SMILES string of the molecule is CCn1ccc(=O)n(Cc2nnc(N)s2)c1=O. The average molecular weight is 253 g/mol. The Morgan fingerprint density at radius 3 is 2.76 bits per heavy atom. The van der Waals surface area contributed by atoms with Crippen molar-refractivity contribution in [3.8, 4) is 0 Å². The summed E-state index contributed by atoms with van der Waals surface area (Å²) < 4.78 is 2.56. The van der Waals surface area contributed by atoms with Gasteiger partial charge in [-0.25, -0.2) is 4.79 Å². The Balaban J connectivity index is 2.45. The molecule has 2 heterocycles. The molecule has 17 heavy (non-hydrogen) atoms. The Morgan fingerprint density at radius 1 is 1.41 bits per heavy atom. The molecule has 8 heteroatoms. The number of anilines is 1. The van der Waals surface area contributed by atoms with Crippen molar-refractivity contribution in [1.29, 1.82) is 0 Å². The third-order valence-corrected chi connectivity index (χ3v) is 2.99. The molecule has 0 unspecified atom stereocenters. The smallest absolute Gasteiger partial charge is 0.331 e. The molecule has 0 saturated heterocycles. The van der Waals surface area contributed by atoms with Gasteiger partial charge in [-0.15, -0.1) is 10.2 Å². The summed E-state index contributed by atoms with van der Waals surface area (Å²) in [6.45, 7) is 2.45. The first-order valence-electron chi connectivity index (χ1n) is 5.00. The Kier molecular flexibility index (Phi) is 3.05. The van der Waals surface area contributed by atoms with Gasteiger partial charge in [0.25, 0.3) is 5.56 Å². The van der Waals surface area contributed by atoms with Crippen LogP contribution in [0.1, 0.15) is 11.9 Å². The van der Waals surface area contributed by atoms with Crippen molar-refractivity contribution in [1.82, 2.24) is 19.3 Å².